The minimum absolute atomic E-state index is 0.259. The molecule has 9 nitrogen and oxygen atoms in total. The van der Waals surface area contributed by atoms with Crippen molar-refractivity contribution in [3.8, 4) is 11.5 Å². The number of aliphatic hydroxyl groups excluding tert-OH is 1. The Labute approximate surface area is 221 Å². The Morgan fingerprint density at radius 3 is 2.14 bits per heavy atom. The molecule has 1 heterocycles. The summed E-state index contributed by atoms with van der Waals surface area (Å²) in [7, 11) is 2.55. The number of aliphatic hydroxyl groups is 1. The van der Waals surface area contributed by atoms with Crippen LogP contribution in [0.4, 0.5) is 0 Å². The van der Waals surface area contributed by atoms with Crippen molar-refractivity contribution in [1.29, 1.82) is 0 Å². The maximum atomic E-state index is 13.2. The van der Waals surface area contributed by atoms with E-state index >= 15 is 0 Å². The van der Waals surface area contributed by atoms with Gasteiger partial charge < -0.3 is 34.5 Å². The number of aryl methyl sites for hydroxylation is 1. The van der Waals surface area contributed by atoms with E-state index in [4.69, 9.17) is 18.8 Å². The van der Waals surface area contributed by atoms with E-state index in [1.54, 1.807) is 14.2 Å². The van der Waals surface area contributed by atoms with E-state index in [0.717, 1.165) is 11.1 Å². The number of nitrogens with one attached hydrogen (secondary N) is 2. The van der Waals surface area contributed by atoms with E-state index in [1.165, 1.54) is 0 Å². The summed E-state index contributed by atoms with van der Waals surface area (Å²) in [6, 6.07) is 2.79. The van der Waals surface area contributed by atoms with Gasteiger partial charge in [0.2, 0.25) is 11.8 Å². The van der Waals surface area contributed by atoms with Gasteiger partial charge in [-0.25, -0.2) is 0 Å². The Morgan fingerprint density at radius 1 is 1.05 bits per heavy atom. The molecule has 1 saturated heterocycles. The first-order chi connectivity index (χ1) is 17.3. The van der Waals surface area contributed by atoms with Crippen LogP contribution in [-0.2, 0) is 31.7 Å². The van der Waals surface area contributed by atoms with E-state index in [9.17, 15) is 14.7 Å². The van der Waals surface area contributed by atoms with E-state index in [-0.39, 0.29) is 17.7 Å². The molecule has 0 bridgehead atoms. The molecule has 0 radical (unpaired) electrons. The summed E-state index contributed by atoms with van der Waals surface area (Å²) >= 11 is 0. The summed E-state index contributed by atoms with van der Waals surface area (Å²) in [5.74, 6) is 0.0902. The van der Waals surface area contributed by atoms with Crippen LogP contribution in [0.15, 0.2) is 12.1 Å². The second-order valence-electron chi connectivity index (χ2n) is 11.5. The monoisotopic (exact) mass is 518 g/mol. The third kappa shape index (κ3) is 6.59. The van der Waals surface area contributed by atoms with Crippen molar-refractivity contribution in [3.63, 3.8) is 0 Å². The predicted molar refractivity (Wildman–Crippen MR) is 142 cm³/mol. The summed E-state index contributed by atoms with van der Waals surface area (Å²) in [6.07, 6.45) is 2.49. The highest BCUT2D eigenvalue weighted by molar-refractivity contribution is 6.48. The summed E-state index contributed by atoms with van der Waals surface area (Å²) < 4.78 is 23.2. The molecule has 3 atom stereocenters. The lowest BCUT2D eigenvalue weighted by atomic mass is 9.74. The molecule has 2 aliphatic rings. The van der Waals surface area contributed by atoms with Gasteiger partial charge in [0.1, 0.15) is 6.04 Å². The average molecular weight is 518 g/mol. The lowest BCUT2D eigenvalue weighted by molar-refractivity contribution is -0.132. The minimum atomic E-state index is -1.07. The molecule has 0 saturated carbocycles. The summed E-state index contributed by atoms with van der Waals surface area (Å²) in [4.78, 5) is 26.3. The highest BCUT2D eigenvalue weighted by Gasteiger charge is 2.54. The van der Waals surface area contributed by atoms with E-state index in [2.05, 4.69) is 24.5 Å². The molecule has 3 N–H and O–H groups in total. The Balaban J connectivity index is 1.66. The van der Waals surface area contributed by atoms with Crippen LogP contribution >= 0.6 is 0 Å². The lowest BCUT2D eigenvalue weighted by Gasteiger charge is -2.32. The normalized spacial score (nSPS) is 21.7. The second-order valence-corrected chi connectivity index (χ2v) is 11.5. The third-order valence-electron chi connectivity index (χ3n) is 7.77. The molecule has 2 unspecified atom stereocenters. The van der Waals surface area contributed by atoms with Crippen LogP contribution in [0.25, 0.3) is 0 Å². The topological polar surface area (TPSA) is 115 Å². The number of methoxy groups -OCH3 is 2. The third-order valence-corrected chi connectivity index (χ3v) is 7.77. The Hall–Kier alpha value is -2.30. The van der Waals surface area contributed by atoms with Crippen LogP contribution in [-0.4, -0.2) is 68.1 Å². The van der Waals surface area contributed by atoms with Gasteiger partial charge in [0.05, 0.1) is 38.0 Å². The first-order valence-corrected chi connectivity index (χ1v) is 13.1. The highest BCUT2D eigenvalue weighted by atomic mass is 16.7. The first kappa shape index (κ1) is 29.3. The molecule has 1 aliphatic heterocycles. The number of carbonyl (C=O) groups is 2. The molecule has 37 heavy (non-hydrogen) atoms. The highest BCUT2D eigenvalue weighted by Crippen LogP contribution is 2.38. The molecule has 1 fully saturated rings. The van der Waals surface area contributed by atoms with E-state index in [0.29, 0.717) is 37.2 Å². The van der Waals surface area contributed by atoms with Crippen molar-refractivity contribution >= 4 is 18.9 Å². The Bertz CT molecular complexity index is 966. The number of benzene rings is 1. The maximum absolute atomic E-state index is 13.2. The van der Waals surface area contributed by atoms with Crippen LogP contribution < -0.4 is 20.1 Å². The number of amides is 2. The van der Waals surface area contributed by atoms with Gasteiger partial charge in [-0.2, -0.15) is 0 Å². The number of rotatable bonds is 10. The fraction of sp³-hybridized carbons (Fsp3) is 0.704. The molecule has 3 rings (SSSR count). The molecule has 206 valence electrons. The standard InChI is InChI=1S/C27H43BN2O7/c1-16(2)11-23(28-36-26(3,4)27(5,6)37-28)30-25(33)20(15-31)29-24(32)18-10-9-17-13-21(34-7)22(35-8)14-19(17)12-18/h13-14,16,18,20,23,31H,9-12,15H2,1-8H3,(H,29,32)(H,30,33)/t18?,20-,23?/m0/s1. The van der Waals surface area contributed by atoms with Gasteiger partial charge in [-0.3, -0.25) is 9.59 Å². The summed E-state index contributed by atoms with van der Waals surface area (Å²) in [6.45, 7) is 11.5. The Morgan fingerprint density at radius 2 is 1.62 bits per heavy atom. The quantitative estimate of drug-likeness (QED) is 0.408. The molecule has 1 aliphatic carbocycles. The van der Waals surface area contributed by atoms with E-state index < -0.39 is 42.8 Å². The van der Waals surface area contributed by atoms with Crippen LogP contribution in [0, 0.1) is 11.8 Å². The minimum Gasteiger partial charge on any atom is -0.493 e. The van der Waals surface area contributed by atoms with Gasteiger partial charge in [-0.1, -0.05) is 13.8 Å². The van der Waals surface area contributed by atoms with Gasteiger partial charge in [-0.05, 0) is 82.6 Å². The molecule has 2 amide bonds. The largest absolute Gasteiger partial charge is 0.493 e. The zero-order chi connectivity index (χ0) is 27.5. The van der Waals surface area contributed by atoms with Gasteiger partial charge in [0, 0.05) is 5.92 Å². The first-order valence-electron chi connectivity index (χ1n) is 13.1. The number of carbonyl (C=O) groups excluding carboxylic acids is 2. The number of fused-ring (bicyclic) bond motifs is 1. The van der Waals surface area contributed by atoms with Gasteiger partial charge in [0.15, 0.2) is 11.5 Å². The van der Waals surface area contributed by atoms with Crippen LogP contribution in [0.5, 0.6) is 11.5 Å². The maximum Gasteiger partial charge on any atom is 0.481 e. The van der Waals surface area contributed by atoms with Crippen LogP contribution in [0.2, 0.25) is 0 Å². The SMILES string of the molecule is COc1cc2c(cc1OC)CC(C(=O)N[C@@H](CO)C(=O)NC(CC(C)C)B1OC(C)(C)C(C)(C)O1)CC2. The van der Waals surface area contributed by atoms with Crippen molar-refractivity contribution in [1.82, 2.24) is 10.6 Å². The van der Waals surface area contributed by atoms with Crippen molar-refractivity contribution in [2.24, 2.45) is 11.8 Å². The lowest BCUT2D eigenvalue weighted by Crippen LogP contribution is -2.56. The fourth-order valence-electron chi connectivity index (χ4n) is 4.87. The van der Waals surface area contributed by atoms with Crippen LogP contribution in [0.1, 0.15) is 65.5 Å². The van der Waals surface area contributed by atoms with Gasteiger partial charge in [-0.15, -0.1) is 0 Å². The van der Waals surface area contributed by atoms with Gasteiger partial charge in [0.25, 0.3) is 0 Å². The van der Waals surface area contributed by atoms with Gasteiger partial charge >= 0.3 is 7.12 Å². The average Bonchev–Trinajstić information content (AvgIpc) is 3.06. The predicted octanol–water partition coefficient (Wildman–Crippen LogP) is 2.45. The molecule has 0 spiro atoms. The number of hydrogen-bond donors (Lipinski definition) is 3. The number of ether oxygens (including phenoxy) is 2. The molecular weight excluding hydrogens is 475 g/mol. The van der Waals surface area contributed by atoms with Crippen molar-refractivity contribution in [2.45, 2.75) is 90.4 Å². The van der Waals surface area contributed by atoms with Crippen LogP contribution in [0.3, 0.4) is 0 Å². The summed E-state index contributed by atoms with van der Waals surface area (Å²) in [5, 5.41) is 15.7. The van der Waals surface area contributed by atoms with Crippen molar-refractivity contribution in [2.75, 3.05) is 20.8 Å². The molecule has 1 aromatic rings. The smallest absolute Gasteiger partial charge is 0.481 e. The number of hydrogen-bond acceptors (Lipinski definition) is 7. The van der Waals surface area contributed by atoms with Crippen molar-refractivity contribution in [3.05, 3.63) is 23.3 Å². The molecule has 1 aromatic carbocycles. The second kappa shape index (κ2) is 11.6. The zero-order valence-corrected chi connectivity index (χ0v) is 23.5. The van der Waals surface area contributed by atoms with Crippen molar-refractivity contribution < 1.29 is 33.5 Å². The molecule has 10 heteroatoms. The fourth-order valence-corrected chi connectivity index (χ4v) is 4.87. The molecule has 0 aromatic heterocycles. The zero-order valence-electron chi connectivity index (χ0n) is 23.5. The Kier molecular flexibility index (Phi) is 9.19. The summed E-state index contributed by atoms with van der Waals surface area (Å²) in [5.41, 5.74) is 1.07. The van der Waals surface area contributed by atoms with E-state index in [1.807, 2.05) is 39.8 Å². The molecular formula is C27H43BN2O7.